The van der Waals surface area contributed by atoms with E-state index in [9.17, 15) is 18.0 Å². The Morgan fingerprint density at radius 3 is 2.54 bits per heavy atom. The van der Waals surface area contributed by atoms with Gasteiger partial charge in [-0.05, 0) is 73.1 Å². The summed E-state index contributed by atoms with van der Waals surface area (Å²) < 4.78 is 54.4. The van der Waals surface area contributed by atoms with Gasteiger partial charge in [0.1, 0.15) is 12.4 Å². The number of benzene rings is 2. The van der Waals surface area contributed by atoms with Gasteiger partial charge in [0.25, 0.3) is 0 Å². The molecule has 0 radical (unpaired) electrons. The lowest BCUT2D eigenvalue weighted by Crippen LogP contribution is -2.12. The maximum absolute atomic E-state index is 13.8. The van der Waals surface area contributed by atoms with Gasteiger partial charge in [0.05, 0.1) is 24.1 Å². The molecule has 4 nitrogen and oxygen atoms in total. The Morgan fingerprint density at radius 2 is 1.86 bits per heavy atom. The second-order valence-corrected chi connectivity index (χ2v) is 9.13. The Kier molecular flexibility index (Phi) is 7.72. The zero-order chi connectivity index (χ0) is 25.0. The van der Waals surface area contributed by atoms with Crippen LogP contribution in [0.3, 0.4) is 0 Å². The Balaban J connectivity index is 1.52. The van der Waals surface area contributed by atoms with Gasteiger partial charge in [-0.25, -0.2) is 0 Å². The summed E-state index contributed by atoms with van der Waals surface area (Å²) in [6.45, 7) is 4.77. The average molecular weight is 488 g/mol. The summed E-state index contributed by atoms with van der Waals surface area (Å²) in [6, 6.07) is 10.4. The molecule has 1 saturated carbocycles. The van der Waals surface area contributed by atoms with Gasteiger partial charge in [-0.2, -0.15) is 13.2 Å². The molecule has 7 heteroatoms. The Bertz CT molecular complexity index is 1180. The van der Waals surface area contributed by atoms with Crippen molar-refractivity contribution in [3.8, 4) is 5.75 Å². The number of esters is 1. The van der Waals surface area contributed by atoms with Crippen molar-refractivity contribution in [3.05, 3.63) is 64.8 Å². The van der Waals surface area contributed by atoms with Gasteiger partial charge in [0, 0.05) is 18.1 Å². The highest BCUT2D eigenvalue weighted by molar-refractivity contribution is 5.85. The molecule has 0 unspecified atom stereocenters. The summed E-state index contributed by atoms with van der Waals surface area (Å²) in [5.74, 6) is 0.374. The predicted octanol–water partition coefficient (Wildman–Crippen LogP) is 7.41. The van der Waals surface area contributed by atoms with Crippen molar-refractivity contribution in [1.82, 2.24) is 4.57 Å². The van der Waals surface area contributed by atoms with E-state index in [-0.39, 0.29) is 24.9 Å². The number of aromatic nitrogens is 1. The molecular weight excluding hydrogens is 455 g/mol. The highest BCUT2D eigenvalue weighted by Crippen LogP contribution is 2.42. The Morgan fingerprint density at radius 1 is 1.09 bits per heavy atom. The van der Waals surface area contributed by atoms with Crippen LogP contribution in [0, 0.1) is 0 Å². The molecule has 0 bridgehead atoms. The third-order valence-corrected chi connectivity index (χ3v) is 6.78. The molecule has 0 amide bonds. The average Bonchev–Trinajstić information content (AvgIpc) is 3.51. The molecule has 4 rings (SSSR count). The molecule has 1 aliphatic carbocycles. The second-order valence-electron chi connectivity index (χ2n) is 9.13. The number of carbonyl (C=O) groups excluding carboxylic acids is 1. The summed E-state index contributed by atoms with van der Waals surface area (Å²) in [5, 5.41) is 0.968. The van der Waals surface area contributed by atoms with E-state index >= 15 is 0 Å². The minimum atomic E-state index is -4.38. The standard InChI is InChI=1S/C28H32F3NO3/c1-3-20-16-23(17-22-11-13-32(27(20)22)14-12-26(33)34-4-2)35-18-19-9-10-24(21-7-5-6-8-21)25(15-19)28(29,30)31/h9-11,13,15-17,21H,3-8,12,14,18H2,1-2H3. The van der Waals surface area contributed by atoms with Crippen LogP contribution in [0.2, 0.25) is 0 Å². The van der Waals surface area contributed by atoms with Crippen LogP contribution in [-0.2, 0) is 35.3 Å². The lowest BCUT2D eigenvalue weighted by atomic mass is 9.91. The Labute approximate surface area is 204 Å². The molecule has 3 aromatic rings. The van der Waals surface area contributed by atoms with E-state index in [1.165, 1.54) is 6.07 Å². The fraction of sp³-hybridized carbons (Fsp3) is 0.464. The van der Waals surface area contributed by atoms with Crippen LogP contribution in [0.15, 0.2) is 42.6 Å². The van der Waals surface area contributed by atoms with Crippen LogP contribution in [-0.4, -0.2) is 17.1 Å². The Hall–Kier alpha value is -2.96. The van der Waals surface area contributed by atoms with Crippen molar-refractivity contribution in [2.45, 2.75) is 77.6 Å². The molecule has 1 aliphatic rings. The van der Waals surface area contributed by atoms with E-state index < -0.39 is 11.7 Å². The molecule has 1 fully saturated rings. The lowest BCUT2D eigenvalue weighted by Gasteiger charge is -2.19. The van der Waals surface area contributed by atoms with E-state index in [0.29, 0.717) is 30.0 Å². The molecule has 188 valence electrons. The van der Waals surface area contributed by atoms with Crippen molar-refractivity contribution < 1.29 is 27.4 Å². The maximum Gasteiger partial charge on any atom is 0.416 e. The van der Waals surface area contributed by atoms with Gasteiger partial charge in [-0.3, -0.25) is 4.79 Å². The number of carbonyl (C=O) groups is 1. The first-order valence-electron chi connectivity index (χ1n) is 12.4. The minimum Gasteiger partial charge on any atom is -0.489 e. The number of nitrogens with zero attached hydrogens (tertiary/aromatic N) is 1. The summed E-state index contributed by atoms with van der Waals surface area (Å²) in [5.41, 5.74) is 2.47. The molecule has 0 atom stereocenters. The van der Waals surface area contributed by atoms with Crippen LogP contribution in [0.25, 0.3) is 10.9 Å². The monoisotopic (exact) mass is 487 g/mol. The second kappa shape index (κ2) is 10.8. The molecule has 0 spiro atoms. The molecule has 1 heterocycles. The van der Waals surface area contributed by atoms with Crippen molar-refractivity contribution in [2.24, 2.45) is 0 Å². The van der Waals surface area contributed by atoms with E-state index in [2.05, 4.69) is 0 Å². The molecule has 35 heavy (non-hydrogen) atoms. The first-order valence-corrected chi connectivity index (χ1v) is 12.4. The third kappa shape index (κ3) is 5.82. The third-order valence-electron chi connectivity index (χ3n) is 6.78. The van der Waals surface area contributed by atoms with E-state index in [1.807, 2.05) is 35.9 Å². The fourth-order valence-electron chi connectivity index (χ4n) is 5.09. The maximum atomic E-state index is 13.8. The number of halogens is 3. The summed E-state index contributed by atoms with van der Waals surface area (Å²) in [6.07, 6.45) is 2.21. The lowest BCUT2D eigenvalue weighted by molar-refractivity contribution is -0.143. The SMILES string of the molecule is CCOC(=O)CCn1ccc2cc(OCc3ccc(C4CCCC4)c(C(F)(F)F)c3)cc(CC)c21. The summed E-state index contributed by atoms with van der Waals surface area (Å²) >= 11 is 0. The first kappa shape index (κ1) is 25.1. The number of rotatable bonds is 9. The summed E-state index contributed by atoms with van der Waals surface area (Å²) in [7, 11) is 0. The number of hydrogen-bond acceptors (Lipinski definition) is 3. The quantitative estimate of drug-likeness (QED) is 0.295. The topological polar surface area (TPSA) is 40.5 Å². The van der Waals surface area contributed by atoms with E-state index in [1.54, 1.807) is 19.1 Å². The van der Waals surface area contributed by atoms with Gasteiger partial charge >= 0.3 is 12.1 Å². The van der Waals surface area contributed by atoms with Gasteiger partial charge in [0.2, 0.25) is 0 Å². The minimum absolute atomic E-state index is 0.0102. The predicted molar refractivity (Wildman–Crippen MR) is 130 cm³/mol. The normalized spacial score (nSPS) is 14.5. The van der Waals surface area contributed by atoms with Crippen molar-refractivity contribution in [1.29, 1.82) is 0 Å². The van der Waals surface area contributed by atoms with E-state index in [0.717, 1.165) is 48.6 Å². The van der Waals surface area contributed by atoms with E-state index in [4.69, 9.17) is 9.47 Å². The largest absolute Gasteiger partial charge is 0.489 e. The number of hydrogen-bond donors (Lipinski definition) is 0. The van der Waals surface area contributed by atoms with Crippen LogP contribution in [0.1, 0.15) is 74.1 Å². The van der Waals surface area contributed by atoms with Crippen LogP contribution >= 0.6 is 0 Å². The number of ether oxygens (including phenoxy) is 2. The van der Waals surface area contributed by atoms with Gasteiger partial charge in [-0.1, -0.05) is 31.9 Å². The number of alkyl halides is 3. The molecule has 1 aromatic heterocycles. The van der Waals surface area contributed by atoms with Crippen LogP contribution in [0.5, 0.6) is 5.75 Å². The number of fused-ring (bicyclic) bond motifs is 1. The van der Waals surface area contributed by atoms with Crippen molar-refractivity contribution in [3.63, 3.8) is 0 Å². The zero-order valence-corrected chi connectivity index (χ0v) is 20.3. The van der Waals surface area contributed by atoms with Crippen LogP contribution in [0.4, 0.5) is 13.2 Å². The molecule has 2 aromatic carbocycles. The first-order chi connectivity index (χ1) is 16.8. The van der Waals surface area contributed by atoms with Gasteiger partial charge < -0.3 is 14.0 Å². The molecule has 0 N–H and O–H groups in total. The van der Waals surface area contributed by atoms with Crippen LogP contribution < -0.4 is 4.74 Å². The zero-order valence-electron chi connectivity index (χ0n) is 20.3. The van der Waals surface area contributed by atoms with Crippen molar-refractivity contribution >= 4 is 16.9 Å². The molecule has 0 saturated heterocycles. The highest BCUT2D eigenvalue weighted by atomic mass is 19.4. The molecule has 0 aliphatic heterocycles. The van der Waals surface area contributed by atoms with Gasteiger partial charge in [0.15, 0.2) is 0 Å². The smallest absolute Gasteiger partial charge is 0.416 e. The highest BCUT2D eigenvalue weighted by Gasteiger charge is 2.36. The van der Waals surface area contributed by atoms with Gasteiger partial charge in [-0.15, -0.1) is 0 Å². The fourth-order valence-corrected chi connectivity index (χ4v) is 5.09. The summed E-state index contributed by atoms with van der Waals surface area (Å²) in [4.78, 5) is 11.8. The molecular formula is C28H32F3NO3. The van der Waals surface area contributed by atoms with Crippen molar-refractivity contribution in [2.75, 3.05) is 6.61 Å². The number of aryl methyl sites for hydroxylation is 2.